The molecule has 0 amide bonds. The van der Waals surface area contributed by atoms with E-state index in [0.717, 1.165) is 46.3 Å². The van der Waals surface area contributed by atoms with Crippen molar-refractivity contribution in [2.24, 2.45) is 0 Å². The van der Waals surface area contributed by atoms with Crippen molar-refractivity contribution in [3.8, 4) is 62.4 Å². The van der Waals surface area contributed by atoms with E-state index in [9.17, 15) is 0 Å². The van der Waals surface area contributed by atoms with Gasteiger partial charge in [-0.05, 0) is 90.2 Å². The molecule has 6 nitrogen and oxygen atoms in total. The Morgan fingerprint density at radius 3 is 1.95 bits per heavy atom. The average Bonchev–Trinajstić information content (AvgIpc) is 4.01. The molecular weight excluding hydrogens is 743 g/mol. The summed E-state index contributed by atoms with van der Waals surface area (Å²) in [5.41, 5.74) is 12.3. The Morgan fingerprint density at radius 1 is 0.508 bits per heavy atom. The highest BCUT2D eigenvalue weighted by atomic mass is 32.1. The van der Waals surface area contributed by atoms with Gasteiger partial charge in [-0.2, -0.15) is 0 Å². The lowest BCUT2D eigenvalue weighted by molar-refractivity contribution is 0.620. The molecule has 0 N–H and O–H groups in total. The number of hydrogen-bond donors (Lipinski definition) is 0. The van der Waals surface area contributed by atoms with E-state index in [1.807, 2.05) is 90.2 Å². The maximum atomic E-state index is 6.44. The summed E-state index contributed by atoms with van der Waals surface area (Å²) in [7, 11) is 0. The lowest BCUT2D eigenvalue weighted by Crippen LogP contribution is -2.00. The molecule has 7 heteroatoms. The molecule has 0 atom stereocenters. The van der Waals surface area contributed by atoms with E-state index in [-0.39, 0.29) is 0 Å². The number of thiophene rings is 1. The van der Waals surface area contributed by atoms with Crippen molar-refractivity contribution in [1.29, 1.82) is 0 Å². The van der Waals surface area contributed by atoms with Gasteiger partial charge in [0.2, 0.25) is 5.89 Å². The Labute approximate surface area is 343 Å². The smallest absolute Gasteiger partial charge is 0.227 e. The number of rotatable bonds is 6. The summed E-state index contributed by atoms with van der Waals surface area (Å²) in [5, 5.41) is 3.83. The molecule has 0 bridgehead atoms. The molecule has 0 aliphatic heterocycles. The first kappa shape index (κ1) is 33.6. The molecule has 0 unspecified atom stereocenters. The minimum Gasteiger partial charge on any atom is -0.436 e. The third-order valence-corrected chi connectivity index (χ3v) is 12.7. The van der Waals surface area contributed by atoms with Gasteiger partial charge in [-0.25, -0.2) is 19.9 Å². The van der Waals surface area contributed by atoms with Crippen molar-refractivity contribution in [3.63, 3.8) is 0 Å². The normalized spacial score (nSPS) is 12.5. The van der Waals surface area contributed by atoms with Crippen LogP contribution in [0.1, 0.15) is 16.9 Å². The Balaban J connectivity index is 0.898. The second kappa shape index (κ2) is 13.6. The van der Waals surface area contributed by atoms with Gasteiger partial charge in [-0.3, -0.25) is 0 Å². The molecule has 0 fully saturated rings. The maximum absolute atomic E-state index is 6.44. The zero-order valence-corrected chi connectivity index (χ0v) is 32.5. The predicted octanol–water partition coefficient (Wildman–Crippen LogP) is 13.6. The second-order valence-electron chi connectivity index (χ2n) is 14.9. The minimum atomic E-state index is 0.557. The van der Waals surface area contributed by atoms with Crippen LogP contribution in [0, 0.1) is 0 Å². The van der Waals surface area contributed by atoms with E-state index in [1.54, 1.807) is 0 Å². The fraction of sp³-hybridized carbons (Fsp3) is 0.0385. The number of aromatic nitrogens is 5. The summed E-state index contributed by atoms with van der Waals surface area (Å²) in [5.74, 6) is 2.35. The maximum Gasteiger partial charge on any atom is 0.227 e. The van der Waals surface area contributed by atoms with Crippen LogP contribution in [0.3, 0.4) is 0 Å². The first-order valence-electron chi connectivity index (χ1n) is 19.9. The van der Waals surface area contributed by atoms with Crippen LogP contribution >= 0.6 is 11.3 Å². The highest BCUT2D eigenvalue weighted by Gasteiger charge is 2.19. The Kier molecular flexibility index (Phi) is 7.74. The Hall–Kier alpha value is -7.48. The van der Waals surface area contributed by atoms with Crippen LogP contribution in [0.2, 0.25) is 0 Å². The van der Waals surface area contributed by atoms with Crippen molar-refractivity contribution in [2.75, 3.05) is 0 Å². The third kappa shape index (κ3) is 5.69. The van der Waals surface area contributed by atoms with E-state index in [4.69, 9.17) is 24.4 Å². The first-order valence-corrected chi connectivity index (χ1v) is 20.7. The largest absolute Gasteiger partial charge is 0.436 e. The summed E-state index contributed by atoms with van der Waals surface area (Å²) in [6.07, 6.45) is 6.86. The molecule has 0 saturated carbocycles. The van der Waals surface area contributed by atoms with E-state index < -0.39 is 0 Å². The Morgan fingerprint density at radius 2 is 1.17 bits per heavy atom. The van der Waals surface area contributed by atoms with Crippen LogP contribution in [0.4, 0.5) is 0 Å². The number of oxazole rings is 1. The summed E-state index contributed by atoms with van der Waals surface area (Å²) in [6, 6.07) is 56.8. The number of fused-ring (bicyclic) bond motifs is 7. The number of para-hydroxylation sites is 1. The van der Waals surface area contributed by atoms with E-state index in [2.05, 4.69) is 102 Å². The SMILES string of the molecule is C1=Cc2c(sc3c(-c4ccc5c(c4)c4ccccc4n5-c4ccc(-c5nc6ccc(-c7nc(-c8ccccc8)nc(-c8ccccc8)n7)cc6o5)cc4)cccc23)CC1. The number of allylic oxidation sites excluding steroid dienone is 1. The minimum absolute atomic E-state index is 0.557. The highest BCUT2D eigenvalue weighted by Crippen LogP contribution is 2.43. The molecule has 12 rings (SSSR count). The molecular formula is C52H33N5OS. The topological polar surface area (TPSA) is 69.6 Å². The average molecular weight is 776 g/mol. The molecule has 7 aromatic carbocycles. The van der Waals surface area contributed by atoms with Crippen LogP contribution in [0.15, 0.2) is 174 Å². The summed E-state index contributed by atoms with van der Waals surface area (Å²) in [6.45, 7) is 0. The van der Waals surface area contributed by atoms with E-state index in [0.29, 0.717) is 28.9 Å². The van der Waals surface area contributed by atoms with Gasteiger partial charge in [-0.1, -0.05) is 115 Å². The van der Waals surface area contributed by atoms with Crippen LogP contribution in [0.5, 0.6) is 0 Å². The van der Waals surface area contributed by atoms with Gasteiger partial charge >= 0.3 is 0 Å². The third-order valence-electron chi connectivity index (χ3n) is 11.4. The molecule has 11 aromatic rings. The van der Waals surface area contributed by atoms with Gasteiger partial charge in [0.25, 0.3) is 0 Å². The predicted molar refractivity (Wildman–Crippen MR) is 242 cm³/mol. The number of nitrogens with zero attached hydrogens (tertiary/aromatic N) is 5. The van der Waals surface area contributed by atoms with Gasteiger partial charge in [0.1, 0.15) is 5.52 Å². The van der Waals surface area contributed by atoms with Crippen LogP contribution in [-0.4, -0.2) is 24.5 Å². The van der Waals surface area contributed by atoms with Crippen molar-refractivity contribution in [2.45, 2.75) is 12.8 Å². The molecule has 4 aromatic heterocycles. The molecule has 278 valence electrons. The lowest BCUT2D eigenvalue weighted by atomic mass is 9.98. The molecule has 59 heavy (non-hydrogen) atoms. The van der Waals surface area contributed by atoms with Gasteiger partial charge in [-0.15, -0.1) is 11.3 Å². The molecule has 1 aliphatic rings. The van der Waals surface area contributed by atoms with Gasteiger partial charge < -0.3 is 8.98 Å². The summed E-state index contributed by atoms with van der Waals surface area (Å²) < 4.78 is 10.2. The van der Waals surface area contributed by atoms with Gasteiger partial charge in [0.05, 0.1) is 11.0 Å². The zero-order chi connectivity index (χ0) is 38.9. The fourth-order valence-corrected chi connectivity index (χ4v) is 9.83. The van der Waals surface area contributed by atoms with E-state index in [1.165, 1.54) is 53.5 Å². The van der Waals surface area contributed by atoms with Crippen molar-refractivity contribution in [1.82, 2.24) is 24.5 Å². The quantitative estimate of drug-likeness (QED) is 0.168. The zero-order valence-electron chi connectivity index (χ0n) is 31.7. The monoisotopic (exact) mass is 775 g/mol. The van der Waals surface area contributed by atoms with Crippen molar-refractivity contribution >= 4 is 60.4 Å². The number of aryl methyl sites for hydroxylation is 1. The van der Waals surface area contributed by atoms with Crippen LogP contribution < -0.4 is 0 Å². The lowest BCUT2D eigenvalue weighted by Gasteiger charge is -2.09. The molecule has 0 spiro atoms. The first-order chi connectivity index (χ1) is 29.2. The van der Waals surface area contributed by atoms with E-state index >= 15 is 0 Å². The van der Waals surface area contributed by atoms with Crippen molar-refractivity contribution in [3.05, 3.63) is 180 Å². The summed E-state index contributed by atoms with van der Waals surface area (Å²) in [4.78, 5) is 21.0. The molecule has 1 aliphatic carbocycles. The van der Waals surface area contributed by atoms with Crippen LogP contribution in [0.25, 0.3) is 111 Å². The number of hydrogen-bond acceptors (Lipinski definition) is 6. The fourth-order valence-electron chi connectivity index (χ4n) is 8.50. The standard InChI is InChI=1S/C52H33N5OS/c1-3-12-32(13-4-1)49-54-50(33-14-5-2-6-15-33)56-51(55-49)36-24-28-43-46(31-36)58-52(53-43)34-22-26-37(27-23-34)57-44-20-9-7-16-39(44)42-30-35(25-29-45(42)57)38-18-11-19-41-40-17-8-10-21-47(40)59-48(38)41/h1-9,11-20,22-31H,10,21H2. The molecule has 0 saturated heterocycles. The molecule has 4 heterocycles. The summed E-state index contributed by atoms with van der Waals surface area (Å²) >= 11 is 1.95. The molecule has 0 radical (unpaired) electrons. The van der Waals surface area contributed by atoms with Crippen molar-refractivity contribution < 1.29 is 4.42 Å². The Bertz CT molecular complexity index is 3380. The van der Waals surface area contributed by atoms with Gasteiger partial charge in [0.15, 0.2) is 23.1 Å². The highest BCUT2D eigenvalue weighted by molar-refractivity contribution is 7.20. The second-order valence-corrected chi connectivity index (χ2v) is 16.0. The van der Waals surface area contributed by atoms with Crippen LogP contribution in [-0.2, 0) is 6.42 Å². The number of benzene rings is 7. The van der Waals surface area contributed by atoms with Gasteiger partial charge in [0, 0.05) is 53.7 Å².